The maximum Gasteiger partial charge on any atom is 0.314 e. The molecule has 1 aromatic carbocycles. The van der Waals surface area contributed by atoms with Crippen molar-refractivity contribution in [3.63, 3.8) is 0 Å². The van der Waals surface area contributed by atoms with Gasteiger partial charge in [-0.15, -0.1) is 0 Å². The molecule has 0 spiro atoms. The molecular weight excluding hydrogens is 400 g/mol. The van der Waals surface area contributed by atoms with Crippen LogP contribution >= 0.6 is 11.8 Å². The van der Waals surface area contributed by atoms with Crippen LogP contribution in [0.2, 0.25) is 0 Å². The fourth-order valence-corrected chi connectivity index (χ4v) is 4.05. The number of unbranched alkanes of at least 4 members (excludes halogenated alkanes) is 4. The second kappa shape index (κ2) is 13.8. The molecule has 166 valence electrons. The van der Waals surface area contributed by atoms with Crippen molar-refractivity contribution in [2.75, 3.05) is 25.0 Å². The molecule has 30 heavy (non-hydrogen) atoms. The van der Waals surface area contributed by atoms with E-state index in [1.807, 2.05) is 24.3 Å². The van der Waals surface area contributed by atoms with Crippen LogP contribution in [0.3, 0.4) is 0 Å². The Balaban J connectivity index is 1.55. The number of ether oxygens (including phenoxy) is 1. The van der Waals surface area contributed by atoms with Gasteiger partial charge >= 0.3 is 6.03 Å². The van der Waals surface area contributed by atoms with Gasteiger partial charge in [0.05, 0.1) is 5.69 Å². The summed E-state index contributed by atoms with van der Waals surface area (Å²) >= 11 is 1.57. The Morgan fingerprint density at radius 1 is 1.13 bits per heavy atom. The highest BCUT2D eigenvalue weighted by Crippen LogP contribution is 2.43. The molecule has 0 saturated carbocycles. The first kappa shape index (κ1) is 23.9. The molecule has 7 nitrogen and oxygen atoms in total. The zero-order valence-corrected chi connectivity index (χ0v) is 18.8. The molecule has 4 N–H and O–H groups in total. The van der Waals surface area contributed by atoms with Crippen molar-refractivity contribution in [2.24, 2.45) is 0 Å². The van der Waals surface area contributed by atoms with Crippen LogP contribution < -0.4 is 26.0 Å². The van der Waals surface area contributed by atoms with Crippen LogP contribution in [0, 0.1) is 0 Å². The minimum atomic E-state index is -0.162. The Morgan fingerprint density at radius 2 is 1.90 bits per heavy atom. The quantitative estimate of drug-likeness (QED) is 0.276. The van der Waals surface area contributed by atoms with Crippen molar-refractivity contribution >= 4 is 29.4 Å². The molecule has 1 unspecified atom stereocenters. The summed E-state index contributed by atoms with van der Waals surface area (Å²) in [5.74, 6) is 0.715. The fraction of sp³-hybridized carbons (Fsp3) is 0.545. The number of nitrogens with one attached hydrogen (secondary N) is 4. The number of hydrogen-bond donors (Lipinski definition) is 4. The van der Waals surface area contributed by atoms with E-state index in [0.717, 1.165) is 61.4 Å². The van der Waals surface area contributed by atoms with Gasteiger partial charge in [0.15, 0.2) is 5.50 Å². The van der Waals surface area contributed by atoms with Crippen LogP contribution in [-0.2, 0) is 4.79 Å². The molecule has 1 aliphatic heterocycles. The van der Waals surface area contributed by atoms with E-state index in [4.69, 9.17) is 4.74 Å². The maximum absolute atomic E-state index is 11.6. The van der Waals surface area contributed by atoms with Crippen molar-refractivity contribution in [3.05, 3.63) is 30.4 Å². The molecule has 0 aromatic heterocycles. The topological polar surface area (TPSA) is 91.5 Å². The van der Waals surface area contributed by atoms with E-state index in [2.05, 4.69) is 34.3 Å². The lowest BCUT2D eigenvalue weighted by atomic mass is 10.2. The number of amides is 3. The van der Waals surface area contributed by atoms with Gasteiger partial charge < -0.3 is 26.0 Å². The highest BCUT2D eigenvalue weighted by atomic mass is 32.2. The van der Waals surface area contributed by atoms with Gasteiger partial charge in [0.2, 0.25) is 5.91 Å². The Morgan fingerprint density at radius 3 is 2.63 bits per heavy atom. The third kappa shape index (κ3) is 8.98. The molecule has 1 aliphatic rings. The first-order valence-corrected chi connectivity index (χ1v) is 11.6. The lowest BCUT2D eigenvalue weighted by Crippen LogP contribution is -2.36. The second-order valence-electron chi connectivity index (χ2n) is 7.14. The van der Waals surface area contributed by atoms with Gasteiger partial charge in [0.1, 0.15) is 12.4 Å². The summed E-state index contributed by atoms with van der Waals surface area (Å²) in [4.78, 5) is 23.9. The predicted molar refractivity (Wildman–Crippen MR) is 123 cm³/mol. The monoisotopic (exact) mass is 434 g/mol. The van der Waals surface area contributed by atoms with Gasteiger partial charge in [-0.25, -0.2) is 4.79 Å². The van der Waals surface area contributed by atoms with Crippen LogP contribution in [0.15, 0.2) is 35.2 Å². The standard InChI is InChI=1S/C22H34N4O3S/c1-3-4-8-14-23-21(28)24-15-9-6-5-7-10-16-29-18-12-11-13-19-20(18)26-22(30-19)25-17(2)27/h7,10-13,22,26H,3-6,8-9,14-16H2,1-2H3,(H,25,27)(H2,23,24,28)/b10-7+. The summed E-state index contributed by atoms with van der Waals surface area (Å²) in [5, 5.41) is 11.9. The average molecular weight is 435 g/mol. The van der Waals surface area contributed by atoms with E-state index < -0.39 is 0 Å². The highest BCUT2D eigenvalue weighted by molar-refractivity contribution is 8.00. The molecule has 8 heteroatoms. The van der Waals surface area contributed by atoms with Crippen molar-refractivity contribution in [1.82, 2.24) is 16.0 Å². The zero-order valence-electron chi connectivity index (χ0n) is 18.0. The Bertz CT molecular complexity index is 712. The van der Waals surface area contributed by atoms with Crippen LogP contribution in [0.25, 0.3) is 0 Å². The molecule has 1 aromatic rings. The second-order valence-corrected chi connectivity index (χ2v) is 8.29. The SMILES string of the molecule is CCCCCNC(=O)NCCCC/C=C/COc1cccc2c1NC(NC(C)=O)S2. The number of urea groups is 1. The summed E-state index contributed by atoms with van der Waals surface area (Å²) in [6.45, 7) is 5.59. The number of carbonyl (C=O) groups excluding carboxylic acids is 2. The van der Waals surface area contributed by atoms with E-state index >= 15 is 0 Å². The number of benzene rings is 1. The minimum absolute atomic E-state index is 0.0685. The summed E-state index contributed by atoms with van der Waals surface area (Å²) in [6, 6.07) is 5.82. The first-order valence-electron chi connectivity index (χ1n) is 10.7. The molecule has 0 aliphatic carbocycles. The maximum atomic E-state index is 11.6. The number of rotatable bonds is 13. The number of anilines is 1. The fourth-order valence-electron chi connectivity index (χ4n) is 2.96. The summed E-state index contributed by atoms with van der Waals surface area (Å²) in [7, 11) is 0. The van der Waals surface area contributed by atoms with Gasteiger partial charge in [-0.05, 0) is 37.8 Å². The van der Waals surface area contributed by atoms with Crippen molar-refractivity contribution in [2.45, 2.75) is 62.8 Å². The number of hydrogen-bond acceptors (Lipinski definition) is 5. The molecule has 0 bridgehead atoms. The van der Waals surface area contributed by atoms with E-state index in [1.165, 1.54) is 6.92 Å². The van der Waals surface area contributed by atoms with Crippen molar-refractivity contribution in [1.29, 1.82) is 0 Å². The summed E-state index contributed by atoms with van der Waals surface area (Å²) in [5.41, 5.74) is 0.763. The largest absolute Gasteiger partial charge is 0.487 e. The number of para-hydroxylation sites is 1. The minimum Gasteiger partial charge on any atom is -0.487 e. The number of fused-ring (bicyclic) bond motifs is 1. The Hall–Kier alpha value is -2.35. The molecule has 3 amide bonds. The number of carbonyl (C=O) groups is 2. The molecular formula is C22H34N4O3S. The number of allylic oxidation sites excluding steroid dienone is 1. The van der Waals surface area contributed by atoms with E-state index in [9.17, 15) is 9.59 Å². The van der Waals surface area contributed by atoms with Gasteiger partial charge in [0, 0.05) is 24.9 Å². The van der Waals surface area contributed by atoms with Crippen molar-refractivity contribution in [3.8, 4) is 5.75 Å². The molecule has 2 rings (SSSR count). The zero-order chi connectivity index (χ0) is 21.6. The van der Waals surface area contributed by atoms with Crippen LogP contribution in [0.5, 0.6) is 5.75 Å². The average Bonchev–Trinajstić information content (AvgIpc) is 3.12. The van der Waals surface area contributed by atoms with Crippen LogP contribution in [-0.4, -0.2) is 37.1 Å². The third-order valence-electron chi connectivity index (χ3n) is 4.49. The van der Waals surface area contributed by atoms with Gasteiger partial charge in [-0.2, -0.15) is 0 Å². The molecule has 1 heterocycles. The molecule has 0 fully saturated rings. The van der Waals surface area contributed by atoms with E-state index in [-0.39, 0.29) is 17.4 Å². The van der Waals surface area contributed by atoms with Crippen molar-refractivity contribution < 1.29 is 14.3 Å². The molecule has 0 saturated heterocycles. The normalized spacial score (nSPS) is 14.8. The summed E-state index contributed by atoms with van der Waals surface area (Å²) < 4.78 is 5.88. The Labute approximate surface area is 183 Å². The smallest absolute Gasteiger partial charge is 0.314 e. The van der Waals surface area contributed by atoms with Gasteiger partial charge in [0.25, 0.3) is 0 Å². The van der Waals surface area contributed by atoms with E-state index in [0.29, 0.717) is 13.2 Å². The van der Waals surface area contributed by atoms with Gasteiger partial charge in [-0.3, -0.25) is 4.79 Å². The Kier molecular flexibility index (Phi) is 11.0. The summed E-state index contributed by atoms with van der Waals surface area (Å²) in [6.07, 6.45) is 10.4. The third-order valence-corrected chi connectivity index (χ3v) is 5.56. The van der Waals surface area contributed by atoms with Crippen LogP contribution in [0.4, 0.5) is 10.5 Å². The van der Waals surface area contributed by atoms with Gasteiger partial charge in [-0.1, -0.05) is 49.7 Å². The molecule has 1 atom stereocenters. The van der Waals surface area contributed by atoms with E-state index in [1.54, 1.807) is 11.8 Å². The predicted octanol–water partition coefficient (Wildman–Crippen LogP) is 4.22. The molecule has 0 radical (unpaired) electrons. The van der Waals surface area contributed by atoms with Crippen LogP contribution in [0.1, 0.15) is 52.4 Å². The first-order chi connectivity index (χ1) is 14.6. The number of thioether (sulfide) groups is 1. The lowest BCUT2D eigenvalue weighted by Gasteiger charge is -2.12. The lowest BCUT2D eigenvalue weighted by molar-refractivity contribution is -0.119. The highest BCUT2D eigenvalue weighted by Gasteiger charge is 2.24.